The number of rotatable bonds is 4. The van der Waals surface area contributed by atoms with E-state index in [0.717, 1.165) is 48.8 Å². The van der Waals surface area contributed by atoms with Gasteiger partial charge in [-0.25, -0.2) is 0 Å². The molecule has 1 aromatic rings. The summed E-state index contributed by atoms with van der Waals surface area (Å²) in [5.74, 6) is 0. The first kappa shape index (κ1) is 14.8. The van der Waals surface area contributed by atoms with Crippen LogP contribution in [0.25, 0.3) is 0 Å². The van der Waals surface area contributed by atoms with E-state index in [4.69, 9.17) is 0 Å². The van der Waals surface area contributed by atoms with Crippen LogP contribution in [0.1, 0.15) is 37.2 Å². The van der Waals surface area contributed by atoms with Crippen LogP contribution in [0.2, 0.25) is 0 Å². The van der Waals surface area contributed by atoms with Crippen molar-refractivity contribution < 1.29 is 0 Å². The largest absolute Gasteiger partial charge is 0.369 e. The molecule has 1 atom stereocenters. The van der Waals surface area contributed by atoms with E-state index in [1.54, 1.807) is 0 Å². The molecule has 1 unspecified atom stereocenters. The highest BCUT2D eigenvalue weighted by atomic mass is 15.3. The van der Waals surface area contributed by atoms with Gasteiger partial charge < -0.3 is 4.90 Å². The lowest BCUT2D eigenvalue weighted by Gasteiger charge is -2.27. The molecule has 1 aliphatic heterocycles. The van der Waals surface area contributed by atoms with Crippen molar-refractivity contribution in [2.75, 3.05) is 31.1 Å². The number of hydrogen-bond acceptors (Lipinski definition) is 4. The van der Waals surface area contributed by atoms with Crippen LogP contribution in [-0.4, -0.2) is 42.1 Å². The van der Waals surface area contributed by atoms with Crippen molar-refractivity contribution in [2.45, 2.75) is 40.2 Å². The number of pyridine rings is 1. The summed E-state index contributed by atoms with van der Waals surface area (Å²) in [6.07, 6.45) is 1.17. The van der Waals surface area contributed by atoms with Gasteiger partial charge in [0.1, 0.15) is 6.07 Å². The Balaban J connectivity index is 2.24. The molecule has 0 N–H and O–H groups in total. The molecule has 0 spiro atoms. The van der Waals surface area contributed by atoms with Crippen LogP contribution in [0, 0.1) is 25.2 Å². The first-order valence-corrected chi connectivity index (χ1v) is 7.48. The second-order valence-electron chi connectivity index (χ2n) is 5.46. The minimum atomic E-state index is 0.602. The van der Waals surface area contributed by atoms with Crippen LogP contribution in [0.4, 0.5) is 5.69 Å². The minimum absolute atomic E-state index is 0.602. The van der Waals surface area contributed by atoms with Gasteiger partial charge in [-0.2, -0.15) is 5.26 Å². The van der Waals surface area contributed by atoms with Crippen molar-refractivity contribution in [3.63, 3.8) is 0 Å². The molecule has 108 valence electrons. The average molecular weight is 272 g/mol. The second-order valence-corrected chi connectivity index (χ2v) is 5.46. The topological polar surface area (TPSA) is 43.2 Å². The van der Waals surface area contributed by atoms with E-state index in [0.29, 0.717) is 6.04 Å². The molecule has 1 aromatic heterocycles. The third-order valence-corrected chi connectivity index (χ3v) is 4.25. The van der Waals surface area contributed by atoms with Crippen LogP contribution in [-0.2, 0) is 0 Å². The standard InChI is InChI=1S/C16H24N4/c1-5-19(6-2)14-7-8-20(11-14)16-9-12(3)18-13(4)15(16)10-17/h9,14H,5-8,11H2,1-4H3. The number of hydrogen-bond donors (Lipinski definition) is 0. The molecular formula is C16H24N4. The van der Waals surface area contributed by atoms with Crippen molar-refractivity contribution in [1.29, 1.82) is 5.26 Å². The fraction of sp³-hybridized carbons (Fsp3) is 0.625. The van der Waals surface area contributed by atoms with Gasteiger partial charge in [-0.05, 0) is 39.4 Å². The third kappa shape index (κ3) is 2.78. The molecule has 0 aliphatic carbocycles. The Bertz CT molecular complexity index is 514. The van der Waals surface area contributed by atoms with Crippen molar-refractivity contribution >= 4 is 5.69 Å². The Morgan fingerprint density at radius 3 is 2.70 bits per heavy atom. The Hall–Kier alpha value is -1.60. The van der Waals surface area contributed by atoms with Gasteiger partial charge in [0.05, 0.1) is 16.9 Å². The lowest BCUT2D eigenvalue weighted by atomic mass is 10.1. The molecule has 0 amide bonds. The molecule has 1 fully saturated rings. The maximum Gasteiger partial charge on any atom is 0.103 e. The van der Waals surface area contributed by atoms with Crippen molar-refractivity contribution in [1.82, 2.24) is 9.88 Å². The fourth-order valence-corrected chi connectivity index (χ4v) is 3.19. The van der Waals surface area contributed by atoms with Crippen molar-refractivity contribution in [3.8, 4) is 6.07 Å². The molecule has 0 radical (unpaired) electrons. The highest BCUT2D eigenvalue weighted by molar-refractivity contribution is 5.62. The molecular weight excluding hydrogens is 248 g/mol. The molecule has 20 heavy (non-hydrogen) atoms. The Kier molecular flexibility index (Phi) is 4.61. The summed E-state index contributed by atoms with van der Waals surface area (Å²) in [5.41, 5.74) is 3.62. The Morgan fingerprint density at radius 2 is 2.10 bits per heavy atom. The zero-order valence-electron chi connectivity index (χ0n) is 13.0. The molecule has 0 bridgehead atoms. The summed E-state index contributed by atoms with van der Waals surface area (Å²) in [4.78, 5) is 9.26. The smallest absolute Gasteiger partial charge is 0.103 e. The molecule has 1 saturated heterocycles. The van der Waals surface area contributed by atoms with Gasteiger partial charge in [0.2, 0.25) is 0 Å². The number of nitrogens with zero attached hydrogens (tertiary/aromatic N) is 4. The summed E-state index contributed by atoms with van der Waals surface area (Å²) in [6.45, 7) is 12.6. The van der Waals surface area contributed by atoms with E-state index in [1.807, 2.05) is 13.8 Å². The highest BCUT2D eigenvalue weighted by Gasteiger charge is 2.28. The van der Waals surface area contributed by atoms with Gasteiger partial charge in [-0.1, -0.05) is 13.8 Å². The first-order valence-electron chi connectivity index (χ1n) is 7.48. The second kappa shape index (κ2) is 6.23. The van der Waals surface area contributed by atoms with Gasteiger partial charge in [0.15, 0.2) is 0 Å². The zero-order chi connectivity index (χ0) is 14.7. The predicted octanol–water partition coefficient (Wildman–Crippen LogP) is 2.49. The number of aromatic nitrogens is 1. The molecule has 0 aromatic carbocycles. The summed E-state index contributed by atoms with van der Waals surface area (Å²) in [6, 6.07) is 4.98. The molecule has 4 heteroatoms. The number of aryl methyl sites for hydroxylation is 2. The molecule has 2 rings (SSSR count). The summed E-state index contributed by atoms with van der Waals surface area (Å²) in [7, 11) is 0. The first-order chi connectivity index (χ1) is 9.60. The predicted molar refractivity (Wildman–Crippen MR) is 82.0 cm³/mol. The van der Waals surface area contributed by atoms with Gasteiger partial charge in [0, 0.05) is 24.8 Å². The summed E-state index contributed by atoms with van der Waals surface area (Å²) < 4.78 is 0. The third-order valence-electron chi connectivity index (χ3n) is 4.25. The van der Waals surface area contributed by atoms with Crippen LogP contribution >= 0.6 is 0 Å². The maximum atomic E-state index is 9.39. The van der Waals surface area contributed by atoms with Crippen LogP contribution < -0.4 is 4.90 Å². The van der Waals surface area contributed by atoms with Gasteiger partial charge in [-0.3, -0.25) is 9.88 Å². The van der Waals surface area contributed by atoms with E-state index in [9.17, 15) is 5.26 Å². The number of likely N-dealkylation sites (N-methyl/N-ethyl adjacent to an activating group) is 1. The molecule has 1 aliphatic rings. The summed E-state index contributed by atoms with van der Waals surface area (Å²) >= 11 is 0. The quantitative estimate of drug-likeness (QED) is 0.844. The normalized spacial score (nSPS) is 18.6. The zero-order valence-corrected chi connectivity index (χ0v) is 13.0. The lowest BCUT2D eigenvalue weighted by molar-refractivity contribution is 0.232. The van der Waals surface area contributed by atoms with E-state index < -0.39 is 0 Å². The van der Waals surface area contributed by atoms with Crippen molar-refractivity contribution in [2.24, 2.45) is 0 Å². The minimum Gasteiger partial charge on any atom is -0.369 e. The summed E-state index contributed by atoms with van der Waals surface area (Å²) in [5, 5.41) is 9.39. The lowest BCUT2D eigenvalue weighted by Crippen LogP contribution is -2.37. The fourth-order valence-electron chi connectivity index (χ4n) is 3.19. The van der Waals surface area contributed by atoms with Gasteiger partial charge in [-0.15, -0.1) is 0 Å². The monoisotopic (exact) mass is 272 g/mol. The average Bonchev–Trinajstić information content (AvgIpc) is 2.89. The SMILES string of the molecule is CCN(CC)C1CCN(c2cc(C)nc(C)c2C#N)C1. The highest BCUT2D eigenvalue weighted by Crippen LogP contribution is 2.28. The van der Waals surface area contributed by atoms with Gasteiger partial charge in [0.25, 0.3) is 0 Å². The van der Waals surface area contributed by atoms with E-state index >= 15 is 0 Å². The van der Waals surface area contributed by atoms with E-state index in [1.165, 1.54) is 6.42 Å². The van der Waals surface area contributed by atoms with E-state index in [2.05, 4.69) is 40.8 Å². The Morgan fingerprint density at radius 1 is 1.40 bits per heavy atom. The molecule has 4 nitrogen and oxygen atoms in total. The molecule has 2 heterocycles. The maximum absolute atomic E-state index is 9.39. The number of nitriles is 1. The number of anilines is 1. The van der Waals surface area contributed by atoms with E-state index in [-0.39, 0.29) is 0 Å². The molecule has 0 saturated carbocycles. The van der Waals surface area contributed by atoms with Crippen LogP contribution in [0.5, 0.6) is 0 Å². The van der Waals surface area contributed by atoms with Gasteiger partial charge >= 0.3 is 0 Å². The Labute approximate surface area is 122 Å². The van der Waals surface area contributed by atoms with Crippen LogP contribution in [0.3, 0.4) is 0 Å². The van der Waals surface area contributed by atoms with Crippen LogP contribution in [0.15, 0.2) is 6.07 Å². The van der Waals surface area contributed by atoms with Crippen molar-refractivity contribution in [3.05, 3.63) is 23.0 Å².